The van der Waals surface area contributed by atoms with E-state index < -0.39 is 0 Å². The maximum Gasteiger partial charge on any atom is 0.230 e. The Morgan fingerprint density at radius 1 is 0.324 bits per heavy atom. The van der Waals surface area contributed by atoms with E-state index in [4.69, 9.17) is 11.6 Å². The predicted octanol–water partition coefficient (Wildman–Crippen LogP) is 21.1. The lowest BCUT2D eigenvalue weighted by Gasteiger charge is -2.06. The Bertz CT molecular complexity index is 6500. The van der Waals surface area contributed by atoms with Crippen molar-refractivity contribution in [3.05, 3.63) is 278 Å². The number of Topliss-reactive ketones (excluding diaryl/α,β-unsaturated/α-hetero) is 4. The average Bonchev–Trinajstić information content (AvgIpc) is 1.66. The molecule has 0 atom stereocenters. The summed E-state index contributed by atoms with van der Waals surface area (Å²) < 4.78 is 0. The number of aromatic nitrogens is 17. The third-order valence-electron chi connectivity index (χ3n) is 22.7. The number of unbranched alkanes of at least 4 members (excludes halogenated alkanes) is 4. The summed E-state index contributed by atoms with van der Waals surface area (Å²) in [7, 11) is 0. The highest BCUT2D eigenvalue weighted by atomic mass is 35.5. The second kappa shape index (κ2) is 55.0. The number of carbonyl (C=O) groups is 8. The lowest BCUT2D eigenvalue weighted by molar-refractivity contribution is -0.119. The van der Waals surface area contributed by atoms with Gasteiger partial charge in [-0.1, -0.05) is 223 Å². The molecule has 0 saturated carbocycles. The van der Waals surface area contributed by atoms with E-state index in [2.05, 4.69) is 133 Å². The minimum atomic E-state index is -0.135. The summed E-state index contributed by atoms with van der Waals surface area (Å²) in [6.07, 6.45) is 19.5. The van der Waals surface area contributed by atoms with Crippen LogP contribution in [0.15, 0.2) is 151 Å². The quantitative estimate of drug-likeness (QED) is 0.0221. The second-order valence-corrected chi connectivity index (χ2v) is 45.1. The molecule has 0 saturated heterocycles. The summed E-state index contributed by atoms with van der Waals surface area (Å²) in [4.78, 5) is 102. The number of nitrogens with one attached hydrogen (secondary N) is 5. The van der Waals surface area contributed by atoms with E-state index in [1.807, 2.05) is 171 Å². The smallest absolute Gasteiger partial charge is 0.230 e. The molecule has 5 N–H and O–H groups in total. The van der Waals surface area contributed by atoms with Gasteiger partial charge in [0, 0.05) is 105 Å². The van der Waals surface area contributed by atoms with Gasteiger partial charge in [0.1, 0.15) is 83.2 Å². The van der Waals surface area contributed by atoms with Crippen LogP contribution in [-0.4, -0.2) is 133 Å². The van der Waals surface area contributed by atoms with Crippen LogP contribution < -0.4 is 21.3 Å². The number of benzene rings is 6. The number of amides is 4. The molecular weight excluding hydrogens is 1960 g/mol. The highest BCUT2D eigenvalue weighted by molar-refractivity contribution is 7.16. The molecule has 0 fully saturated rings. The number of halogens is 1. The zero-order chi connectivity index (χ0) is 100. The molecule has 0 unspecified atom stereocenters. The van der Waals surface area contributed by atoms with Crippen molar-refractivity contribution >= 4 is 186 Å². The third kappa shape index (κ3) is 35.8. The highest BCUT2D eigenvalue weighted by Crippen LogP contribution is 2.36. The van der Waals surface area contributed by atoms with E-state index in [0.717, 1.165) is 230 Å². The van der Waals surface area contributed by atoms with E-state index >= 15 is 0 Å². The fourth-order valence-electron chi connectivity index (χ4n) is 15.6. The molecule has 15 aromatic rings. The van der Waals surface area contributed by atoms with Crippen molar-refractivity contribution in [2.24, 2.45) is 11.8 Å². The molecule has 0 aliphatic heterocycles. The maximum absolute atomic E-state index is 12.8. The zero-order valence-electron chi connectivity index (χ0n) is 81.1. The van der Waals surface area contributed by atoms with Gasteiger partial charge in [0.05, 0.1) is 44.9 Å². The number of rotatable bonds is 48. The summed E-state index contributed by atoms with van der Waals surface area (Å²) >= 11 is 17.6. The average molecular weight is 2080 g/mol. The number of ketones is 4. The number of nitrogens with zero attached hydrogens (tertiary/aromatic N) is 16. The SMILES string of the molecule is CC(C)CC(=O)Cc1nnc(CCCCc2nnc(NC(=O)CC(C)C)s2)s1.CC1=C(CC(=O)Nc2nnc(CCCCc3nnc(CC(=O)Cc4c(C)[nH]c5ccccc45)s3)s2)c2ccccc2C1.Cc1ccc(CC(=O)Cc2nnc(CCCCc3nnc(NC(=O)Cc4ccc(Cl)cc4)s3)s2)cc1.Cc1ccccc1CC(=O)Cc1nnc(CCCCc2nnc(NC(=O)Cc3ccccc3C)s2)s1. The van der Waals surface area contributed by atoms with Gasteiger partial charge in [0.2, 0.25) is 44.2 Å². The summed E-state index contributed by atoms with van der Waals surface area (Å²) in [6.45, 7) is 18.3. The first-order valence-electron chi connectivity index (χ1n) is 47.7. The summed E-state index contributed by atoms with van der Waals surface area (Å²) in [5.74, 6) is 1.07. The largest absolute Gasteiger partial charge is 0.358 e. The van der Waals surface area contributed by atoms with E-state index in [-0.39, 0.29) is 53.2 Å². The normalized spacial score (nSPS) is 11.5. The lowest BCUT2D eigenvalue weighted by Crippen LogP contribution is -2.14. The molecule has 9 aromatic heterocycles. The van der Waals surface area contributed by atoms with Crippen molar-refractivity contribution in [1.29, 1.82) is 0 Å². The number of fused-ring (bicyclic) bond motifs is 2. The predicted molar refractivity (Wildman–Crippen MR) is 568 cm³/mol. The van der Waals surface area contributed by atoms with Crippen LogP contribution in [0.1, 0.15) is 227 Å². The van der Waals surface area contributed by atoms with Crippen LogP contribution in [0.4, 0.5) is 20.5 Å². The van der Waals surface area contributed by atoms with E-state index in [1.165, 1.54) is 113 Å². The number of para-hydroxylation sites is 1. The first-order chi connectivity index (χ1) is 68.6. The second-order valence-electron chi connectivity index (χ2n) is 35.8. The number of aryl methyl sites for hydroxylation is 12. The molecule has 0 bridgehead atoms. The van der Waals surface area contributed by atoms with Gasteiger partial charge >= 0.3 is 0 Å². The highest BCUT2D eigenvalue weighted by Gasteiger charge is 2.25. The van der Waals surface area contributed by atoms with Gasteiger partial charge in [0.25, 0.3) is 0 Å². The molecule has 740 valence electrons. The van der Waals surface area contributed by atoms with E-state index in [1.54, 1.807) is 12.1 Å². The van der Waals surface area contributed by atoms with Crippen LogP contribution in [0, 0.1) is 39.5 Å². The molecule has 6 aromatic carbocycles. The van der Waals surface area contributed by atoms with E-state index in [0.29, 0.717) is 108 Å². The zero-order valence-corrected chi connectivity index (χ0v) is 88.4. The van der Waals surface area contributed by atoms with Gasteiger partial charge in [0.15, 0.2) is 0 Å². The number of allylic oxidation sites excluding steroid dienone is 1. The Morgan fingerprint density at radius 2 is 0.669 bits per heavy atom. The van der Waals surface area contributed by atoms with Crippen molar-refractivity contribution in [2.45, 2.75) is 249 Å². The molecule has 4 amide bonds. The fourth-order valence-corrected chi connectivity index (χ4v) is 22.6. The molecule has 16 rings (SSSR count). The molecule has 9 heterocycles. The Balaban J connectivity index is 0.000000161. The molecule has 29 nitrogen and oxygen atoms in total. The molecule has 1 aliphatic rings. The number of H-pyrrole nitrogens is 1. The van der Waals surface area contributed by atoms with Gasteiger partial charge in [-0.05, 0) is 178 Å². The van der Waals surface area contributed by atoms with Crippen molar-refractivity contribution in [2.75, 3.05) is 21.3 Å². The van der Waals surface area contributed by atoms with Gasteiger partial charge in [-0.3, -0.25) is 38.4 Å². The summed E-state index contributed by atoms with van der Waals surface area (Å²) in [6, 6.07) is 47.4. The van der Waals surface area contributed by atoms with Crippen LogP contribution >= 0.6 is 102 Å². The number of hydrogen-bond acceptors (Lipinski definition) is 32. The summed E-state index contributed by atoms with van der Waals surface area (Å²) in [5.41, 5.74) is 15.4. The monoisotopic (exact) mass is 2080 g/mol. The fraction of sp³-hybridized carbons (Fsp3) is 0.385. The third-order valence-corrected chi connectivity index (χ3v) is 30.5. The standard InChI is InChI=1S/C32H32N6O2S2.C27H29N5O2S2.C26H26ClN5O2S2.C19H29N5O2S2/c1-19-15-21-9-3-4-10-23(21)25(19)18-28(40)34-32-38-36-30(42-32)14-8-7-13-29-35-37-31(41-29)17-22(39)16-26-20(2)33-27-12-6-5-11-24(26)27;1-18-9-3-5-11-20(18)15-22(33)17-26-31-29-24(35-26)13-7-8-14-25-30-32-27(36-25)28-23(34)16-21-12-6-4-10-19(21)2;1-17-6-8-18(9-7-17)14-21(33)16-25-31-29-23(35-25)4-2-3-5-24-30-32-26(36-24)28-22(34)15-19-10-12-20(27)13-11-19;1-12(2)9-14(25)11-18-23-21-16(27-18)7-5-6-8-17-22-24-19(28-17)20-15(26)10-13(3)4/h3-6,9-12,33H,7-8,13-18H2,1-2H3,(H,34,38,40);3-6,9-12H,7-8,13-17H2,1-2H3,(H,28,32,34);6-13H,2-5,14-16H2,1H3,(H,28,32,34);12-13H,5-11H2,1-4H3,(H,20,24,26). The first kappa shape index (κ1) is 107. The number of aromatic amines is 1. The molecule has 0 radical (unpaired) electrons. The van der Waals surface area contributed by atoms with Crippen molar-refractivity contribution in [1.82, 2.24) is 86.6 Å². The number of anilines is 4. The van der Waals surface area contributed by atoms with Crippen molar-refractivity contribution in [3.63, 3.8) is 0 Å². The van der Waals surface area contributed by atoms with Crippen LogP contribution in [0.3, 0.4) is 0 Å². The Hall–Kier alpha value is -12.1. The summed E-state index contributed by atoms with van der Waals surface area (Å²) in [5, 5.41) is 92.9. The van der Waals surface area contributed by atoms with Crippen LogP contribution in [0.2, 0.25) is 5.02 Å². The number of hydrogen-bond donors (Lipinski definition) is 5. The topological polar surface area (TPSA) is 407 Å². The Kier molecular flexibility index (Phi) is 41.5. The van der Waals surface area contributed by atoms with Crippen molar-refractivity contribution < 1.29 is 38.4 Å². The molecular formula is C104H116ClN21O8S8. The lowest BCUT2D eigenvalue weighted by atomic mass is 10.0. The minimum absolute atomic E-state index is 0.0170. The van der Waals surface area contributed by atoms with Gasteiger partial charge in [-0.15, -0.1) is 127 Å². The molecule has 1 aliphatic carbocycles. The van der Waals surface area contributed by atoms with Crippen molar-refractivity contribution in [3.8, 4) is 0 Å². The Labute approximate surface area is 863 Å². The molecule has 38 heteroatoms. The van der Waals surface area contributed by atoms with E-state index in [9.17, 15) is 38.4 Å². The molecule has 142 heavy (non-hydrogen) atoms. The first-order valence-corrected chi connectivity index (χ1v) is 54.6. The maximum atomic E-state index is 12.8. The molecule has 0 spiro atoms. The Morgan fingerprint density at radius 3 is 1.12 bits per heavy atom. The van der Waals surface area contributed by atoms with Crippen LogP contribution in [-0.2, 0) is 154 Å². The minimum Gasteiger partial charge on any atom is -0.358 e. The van der Waals surface area contributed by atoms with Gasteiger partial charge in [-0.2, -0.15) is 0 Å². The number of carbonyl (C=O) groups excluding carboxylic acids is 8. The van der Waals surface area contributed by atoms with Crippen LogP contribution in [0.5, 0.6) is 0 Å². The van der Waals surface area contributed by atoms with Crippen LogP contribution in [0.25, 0.3) is 16.5 Å². The van der Waals surface area contributed by atoms with Gasteiger partial charge < -0.3 is 26.3 Å². The van der Waals surface area contributed by atoms with Gasteiger partial charge in [-0.25, -0.2) is 0 Å².